The molecule has 7 heteroatoms. The lowest BCUT2D eigenvalue weighted by Crippen LogP contribution is -2.48. The predicted octanol–water partition coefficient (Wildman–Crippen LogP) is 0.0132. The van der Waals surface area contributed by atoms with Crippen LogP contribution in [-0.2, 0) is 4.74 Å². The summed E-state index contributed by atoms with van der Waals surface area (Å²) >= 11 is 0. The van der Waals surface area contributed by atoms with Crippen molar-refractivity contribution >= 4 is 11.7 Å². The number of hydrogen-bond donors (Lipinski definition) is 2. The summed E-state index contributed by atoms with van der Waals surface area (Å²) in [5.41, 5.74) is 2.68. The van der Waals surface area contributed by atoms with E-state index in [4.69, 9.17) is 10.6 Å². The third kappa shape index (κ3) is 2.57. The van der Waals surface area contributed by atoms with Crippen LogP contribution in [0, 0.1) is 0 Å². The van der Waals surface area contributed by atoms with Crippen LogP contribution in [0.15, 0.2) is 12.4 Å². The molecule has 0 spiro atoms. The van der Waals surface area contributed by atoms with E-state index < -0.39 is 0 Å². The van der Waals surface area contributed by atoms with Crippen molar-refractivity contribution in [1.29, 1.82) is 0 Å². The maximum Gasteiger partial charge on any atom is 0.274 e. The van der Waals surface area contributed by atoms with E-state index >= 15 is 0 Å². The van der Waals surface area contributed by atoms with Gasteiger partial charge in [-0.05, 0) is 6.42 Å². The van der Waals surface area contributed by atoms with Crippen molar-refractivity contribution in [3.8, 4) is 0 Å². The van der Waals surface area contributed by atoms with Crippen molar-refractivity contribution in [2.45, 2.75) is 19.4 Å². The maximum atomic E-state index is 12.3. The molecule has 1 fully saturated rings. The minimum Gasteiger partial charge on any atom is -0.377 e. The fourth-order valence-corrected chi connectivity index (χ4v) is 1.95. The number of carbonyl (C=O) groups excluding carboxylic acids is 1. The van der Waals surface area contributed by atoms with Crippen molar-refractivity contribution in [3.05, 3.63) is 18.1 Å². The first kappa shape index (κ1) is 12.7. The molecule has 2 heterocycles. The normalized spacial score (nSPS) is 19.7. The second-order valence-electron chi connectivity index (χ2n) is 4.07. The highest BCUT2D eigenvalue weighted by Gasteiger charge is 2.27. The van der Waals surface area contributed by atoms with Gasteiger partial charge in [0.2, 0.25) is 0 Å². The van der Waals surface area contributed by atoms with Gasteiger partial charge in [-0.3, -0.25) is 9.78 Å². The van der Waals surface area contributed by atoms with Crippen LogP contribution in [0.2, 0.25) is 0 Å². The van der Waals surface area contributed by atoms with Crippen LogP contribution < -0.4 is 11.3 Å². The quantitative estimate of drug-likeness (QED) is 0.581. The zero-order valence-electron chi connectivity index (χ0n) is 10.3. The molecule has 18 heavy (non-hydrogen) atoms. The molecule has 1 saturated heterocycles. The highest BCUT2D eigenvalue weighted by atomic mass is 16.5. The highest BCUT2D eigenvalue weighted by molar-refractivity contribution is 5.92. The molecule has 0 aliphatic carbocycles. The zero-order valence-corrected chi connectivity index (χ0v) is 10.3. The van der Waals surface area contributed by atoms with Crippen molar-refractivity contribution in [2.75, 3.05) is 25.2 Å². The number of nitrogens with two attached hydrogens (primary N) is 1. The molecule has 0 radical (unpaired) electrons. The monoisotopic (exact) mass is 251 g/mol. The maximum absolute atomic E-state index is 12.3. The molecule has 1 aromatic rings. The molecule has 1 aromatic heterocycles. The van der Waals surface area contributed by atoms with Crippen LogP contribution in [0.5, 0.6) is 0 Å². The lowest BCUT2D eigenvalue weighted by molar-refractivity contribution is -0.00312. The van der Waals surface area contributed by atoms with E-state index in [1.165, 1.54) is 12.4 Å². The van der Waals surface area contributed by atoms with Crippen LogP contribution in [-0.4, -0.2) is 46.6 Å². The fraction of sp³-hybridized carbons (Fsp3) is 0.545. The summed E-state index contributed by atoms with van der Waals surface area (Å²) < 4.78 is 5.37. The number of rotatable bonds is 3. The number of aromatic nitrogens is 2. The summed E-state index contributed by atoms with van der Waals surface area (Å²) in [6, 6.07) is 0.0996. The van der Waals surface area contributed by atoms with Crippen molar-refractivity contribution in [3.63, 3.8) is 0 Å². The third-order valence-electron chi connectivity index (χ3n) is 2.96. The molecule has 2 rings (SSSR count). The average molecular weight is 251 g/mol. The fourth-order valence-electron chi connectivity index (χ4n) is 1.95. The Morgan fingerprint density at radius 2 is 2.50 bits per heavy atom. The van der Waals surface area contributed by atoms with Gasteiger partial charge in [0.05, 0.1) is 31.6 Å². The Hall–Kier alpha value is -1.73. The third-order valence-corrected chi connectivity index (χ3v) is 2.96. The van der Waals surface area contributed by atoms with Gasteiger partial charge < -0.3 is 15.1 Å². The number of morpholine rings is 1. The van der Waals surface area contributed by atoms with Crippen molar-refractivity contribution in [1.82, 2.24) is 14.9 Å². The SMILES string of the molecule is CCC1COCCN1C(=O)c1cncc(NN)n1. The van der Waals surface area contributed by atoms with E-state index in [-0.39, 0.29) is 11.9 Å². The number of nitrogen functional groups attached to an aromatic ring is 1. The molecule has 1 amide bonds. The van der Waals surface area contributed by atoms with Crippen molar-refractivity contribution < 1.29 is 9.53 Å². The Balaban J connectivity index is 2.18. The van der Waals surface area contributed by atoms with Gasteiger partial charge in [-0.1, -0.05) is 6.92 Å². The van der Waals surface area contributed by atoms with Crippen molar-refractivity contribution in [2.24, 2.45) is 5.84 Å². The second kappa shape index (κ2) is 5.74. The van der Waals surface area contributed by atoms with Gasteiger partial charge in [0, 0.05) is 6.54 Å². The average Bonchev–Trinajstić information content (AvgIpc) is 2.46. The van der Waals surface area contributed by atoms with Crippen LogP contribution in [0.1, 0.15) is 23.8 Å². The molecule has 0 bridgehead atoms. The van der Waals surface area contributed by atoms with Gasteiger partial charge in [0.1, 0.15) is 5.69 Å². The van der Waals surface area contributed by atoms with Gasteiger partial charge in [0.15, 0.2) is 5.82 Å². The van der Waals surface area contributed by atoms with E-state index in [2.05, 4.69) is 15.4 Å². The Morgan fingerprint density at radius 1 is 1.67 bits per heavy atom. The smallest absolute Gasteiger partial charge is 0.274 e. The molecule has 3 N–H and O–H groups in total. The number of anilines is 1. The number of hydrogen-bond acceptors (Lipinski definition) is 6. The number of amides is 1. The molecular formula is C11H17N5O2. The lowest BCUT2D eigenvalue weighted by Gasteiger charge is -2.34. The van der Waals surface area contributed by atoms with E-state index in [1.807, 2.05) is 6.92 Å². The Morgan fingerprint density at radius 3 is 3.22 bits per heavy atom. The van der Waals surface area contributed by atoms with Crippen LogP contribution in [0.25, 0.3) is 0 Å². The zero-order chi connectivity index (χ0) is 13.0. The minimum atomic E-state index is -0.130. The first-order valence-corrected chi connectivity index (χ1v) is 5.93. The molecule has 0 aromatic carbocycles. The van der Waals surface area contributed by atoms with E-state index in [0.717, 1.165) is 6.42 Å². The summed E-state index contributed by atoms with van der Waals surface area (Å²) in [5.74, 6) is 5.50. The number of ether oxygens (including phenoxy) is 1. The van der Waals surface area contributed by atoms with Gasteiger partial charge >= 0.3 is 0 Å². The summed E-state index contributed by atoms with van der Waals surface area (Å²) in [7, 11) is 0. The number of hydrazine groups is 1. The summed E-state index contributed by atoms with van der Waals surface area (Å²) in [5, 5.41) is 0. The van der Waals surface area contributed by atoms with Crippen LogP contribution in [0.3, 0.4) is 0 Å². The Bertz CT molecular complexity index is 426. The van der Waals surface area contributed by atoms with E-state index in [0.29, 0.717) is 31.3 Å². The Kier molecular flexibility index (Phi) is 4.06. The molecule has 1 atom stereocenters. The molecule has 1 aliphatic rings. The van der Waals surface area contributed by atoms with E-state index in [1.54, 1.807) is 4.90 Å². The largest absolute Gasteiger partial charge is 0.377 e. The second-order valence-corrected chi connectivity index (χ2v) is 4.07. The summed E-state index contributed by atoms with van der Waals surface area (Å²) in [4.78, 5) is 22.2. The molecule has 1 aliphatic heterocycles. The molecule has 0 saturated carbocycles. The van der Waals surface area contributed by atoms with Gasteiger partial charge in [-0.2, -0.15) is 0 Å². The molecule has 98 valence electrons. The van der Waals surface area contributed by atoms with E-state index in [9.17, 15) is 4.79 Å². The van der Waals surface area contributed by atoms with Gasteiger partial charge in [0.25, 0.3) is 5.91 Å². The highest BCUT2D eigenvalue weighted by Crippen LogP contribution is 2.14. The Labute approximate surface area is 105 Å². The van der Waals surface area contributed by atoms with Crippen LogP contribution >= 0.6 is 0 Å². The number of carbonyl (C=O) groups is 1. The number of nitrogens with zero attached hydrogens (tertiary/aromatic N) is 3. The number of nitrogens with one attached hydrogen (secondary N) is 1. The van der Waals surface area contributed by atoms with Crippen LogP contribution in [0.4, 0.5) is 5.82 Å². The molecule has 1 unspecified atom stereocenters. The minimum absolute atomic E-state index is 0.0996. The summed E-state index contributed by atoms with van der Waals surface area (Å²) in [6.07, 6.45) is 3.77. The molecule has 7 nitrogen and oxygen atoms in total. The topological polar surface area (TPSA) is 93.4 Å². The van der Waals surface area contributed by atoms with Gasteiger partial charge in [-0.15, -0.1) is 0 Å². The summed E-state index contributed by atoms with van der Waals surface area (Å²) in [6.45, 7) is 3.75. The first-order chi connectivity index (χ1) is 8.76. The van der Waals surface area contributed by atoms with Gasteiger partial charge in [-0.25, -0.2) is 10.8 Å². The lowest BCUT2D eigenvalue weighted by atomic mass is 10.1. The first-order valence-electron chi connectivity index (χ1n) is 5.93. The molecular weight excluding hydrogens is 234 g/mol. The standard InChI is InChI=1S/C11H17N5O2/c1-2-8-7-18-4-3-16(8)11(17)9-5-13-6-10(14-9)15-12/h5-6,8H,2-4,7,12H2,1H3,(H,14,15). The predicted molar refractivity (Wildman–Crippen MR) is 65.8 cm³/mol.